The molecule has 1 amide bonds. The normalized spacial score (nSPS) is 10.8. The standard InChI is InChI=1S/C27H24Cl2N2O5/c1-4-35-26-12-17(8-9-23(26)36-16-18-6-5-7-20(28)11-18)10-19(15-30)27(32)31-22-14-24(33-2)21(29)13-25(22)34-3/h5-14H,4,16H2,1-3H3,(H,31,32)/b19-10+. The molecule has 9 heteroatoms. The Bertz CT molecular complexity index is 1320. The van der Waals surface area contributed by atoms with Crippen LogP contribution in [0.2, 0.25) is 10.0 Å². The Morgan fingerprint density at radius 1 is 0.972 bits per heavy atom. The second-order valence-electron chi connectivity index (χ2n) is 7.37. The van der Waals surface area contributed by atoms with Crippen molar-refractivity contribution in [1.82, 2.24) is 0 Å². The van der Waals surface area contributed by atoms with Crippen LogP contribution in [-0.4, -0.2) is 26.7 Å². The number of hydrogen-bond acceptors (Lipinski definition) is 6. The van der Waals surface area contributed by atoms with E-state index in [4.69, 9.17) is 42.1 Å². The molecule has 0 heterocycles. The van der Waals surface area contributed by atoms with E-state index < -0.39 is 5.91 Å². The summed E-state index contributed by atoms with van der Waals surface area (Å²) in [7, 11) is 2.90. The van der Waals surface area contributed by atoms with Gasteiger partial charge in [-0.25, -0.2) is 0 Å². The molecule has 0 fully saturated rings. The molecule has 3 rings (SSSR count). The maximum Gasteiger partial charge on any atom is 0.266 e. The summed E-state index contributed by atoms with van der Waals surface area (Å²) >= 11 is 12.2. The highest BCUT2D eigenvalue weighted by Crippen LogP contribution is 2.36. The molecule has 0 spiro atoms. The van der Waals surface area contributed by atoms with Gasteiger partial charge in [0, 0.05) is 17.2 Å². The highest BCUT2D eigenvalue weighted by Gasteiger charge is 2.16. The van der Waals surface area contributed by atoms with Crippen molar-refractivity contribution in [2.75, 3.05) is 26.1 Å². The van der Waals surface area contributed by atoms with E-state index in [1.165, 1.54) is 32.4 Å². The number of benzene rings is 3. The maximum atomic E-state index is 12.9. The van der Waals surface area contributed by atoms with Crippen LogP contribution in [0.25, 0.3) is 6.08 Å². The number of nitrogens with one attached hydrogen (secondary N) is 1. The Balaban J connectivity index is 1.83. The van der Waals surface area contributed by atoms with Crippen LogP contribution in [0.3, 0.4) is 0 Å². The molecule has 3 aromatic rings. The van der Waals surface area contributed by atoms with Crippen LogP contribution in [0.4, 0.5) is 5.69 Å². The molecule has 0 aliphatic carbocycles. The SMILES string of the molecule is CCOc1cc(/C=C(\C#N)C(=O)Nc2cc(OC)c(Cl)cc2OC)ccc1OCc1cccc(Cl)c1. The van der Waals surface area contributed by atoms with Crippen molar-refractivity contribution in [2.24, 2.45) is 0 Å². The molecule has 1 N–H and O–H groups in total. The molecular formula is C27H24Cl2N2O5. The summed E-state index contributed by atoms with van der Waals surface area (Å²) in [5.74, 6) is 1.06. The van der Waals surface area contributed by atoms with Gasteiger partial charge in [-0.1, -0.05) is 41.4 Å². The highest BCUT2D eigenvalue weighted by atomic mass is 35.5. The van der Waals surface area contributed by atoms with Crippen LogP contribution in [0.1, 0.15) is 18.1 Å². The number of amides is 1. The molecule has 0 aromatic heterocycles. The highest BCUT2D eigenvalue weighted by molar-refractivity contribution is 6.32. The minimum atomic E-state index is -0.626. The lowest BCUT2D eigenvalue weighted by atomic mass is 10.1. The van der Waals surface area contributed by atoms with Gasteiger partial charge in [0.15, 0.2) is 11.5 Å². The number of nitrogens with zero attached hydrogens (tertiary/aromatic N) is 1. The van der Waals surface area contributed by atoms with Crippen molar-refractivity contribution >= 4 is 40.9 Å². The zero-order valence-electron chi connectivity index (χ0n) is 19.9. The summed E-state index contributed by atoms with van der Waals surface area (Å²) in [4.78, 5) is 12.9. The molecule has 0 atom stereocenters. The predicted octanol–water partition coefficient (Wildman–Crippen LogP) is 6.53. The second kappa shape index (κ2) is 12.7. The molecular weight excluding hydrogens is 503 g/mol. The molecule has 36 heavy (non-hydrogen) atoms. The lowest BCUT2D eigenvalue weighted by Gasteiger charge is -2.14. The van der Waals surface area contributed by atoms with Gasteiger partial charge in [-0.2, -0.15) is 5.26 Å². The number of carbonyl (C=O) groups is 1. The first-order chi connectivity index (χ1) is 17.4. The van der Waals surface area contributed by atoms with Gasteiger partial charge < -0.3 is 24.3 Å². The predicted molar refractivity (Wildman–Crippen MR) is 140 cm³/mol. The van der Waals surface area contributed by atoms with Gasteiger partial charge in [-0.15, -0.1) is 0 Å². The largest absolute Gasteiger partial charge is 0.495 e. The van der Waals surface area contributed by atoms with Crippen LogP contribution in [0.5, 0.6) is 23.0 Å². The number of methoxy groups -OCH3 is 2. The van der Waals surface area contributed by atoms with E-state index in [1.807, 2.05) is 31.2 Å². The fourth-order valence-corrected chi connectivity index (χ4v) is 3.70. The van der Waals surface area contributed by atoms with E-state index in [0.717, 1.165) is 5.56 Å². The van der Waals surface area contributed by atoms with Gasteiger partial charge in [0.05, 0.1) is 31.5 Å². The summed E-state index contributed by atoms with van der Waals surface area (Å²) in [5, 5.41) is 13.3. The quantitative estimate of drug-likeness (QED) is 0.238. The zero-order chi connectivity index (χ0) is 26.1. The average Bonchev–Trinajstić information content (AvgIpc) is 2.87. The molecule has 0 unspecified atom stereocenters. The molecule has 3 aromatic carbocycles. The topological polar surface area (TPSA) is 89.8 Å². The fourth-order valence-electron chi connectivity index (χ4n) is 3.25. The lowest BCUT2D eigenvalue weighted by Crippen LogP contribution is -2.14. The van der Waals surface area contributed by atoms with Crippen molar-refractivity contribution in [1.29, 1.82) is 5.26 Å². The number of carbonyl (C=O) groups excluding carboxylic acids is 1. The zero-order valence-corrected chi connectivity index (χ0v) is 21.4. The molecule has 0 radical (unpaired) electrons. The van der Waals surface area contributed by atoms with Crippen LogP contribution < -0.4 is 24.3 Å². The summed E-state index contributed by atoms with van der Waals surface area (Å²) in [6.45, 7) is 2.56. The van der Waals surface area contributed by atoms with Crippen molar-refractivity contribution < 1.29 is 23.7 Å². The molecule has 0 bridgehead atoms. The minimum absolute atomic E-state index is 0.124. The van der Waals surface area contributed by atoms with Gasteiger partial charge in [-0.3, -0.25) is 4.79 Å². The maximum absolute atomic E-state index is 12.9. The van der Waals surface area contributed by atoms with Crippen molar-refractivity contribution in [2.45, 2.75) is 13.5 Å². The average molecular weight is 527 g/mol. The first-order valence-corrected chi connectivity index (χ1v) is 11.6. The Kier molecular flexibility index (Phi) is 9.46. The summed E-state index contributed by atoms with van der Waals surface area (Å²) < 4.78 is 22.1. The summed E-state index contributed by atoms with van der Waals surface area (Å²) in [5.41, 5.74) is 1.68. The minimum Gasteiger partial charge on any atom is -0.495 e. The number of halogens is 2. The molecule has 186 valence electrons. The smallest absolute Gasteiger partial charge is 0.266 e. The van der Waals surface area contributed by atoms with Crippen LogP contribution in [-0.2, 0) is 11.4 Å². The van der Waals surface area contributed by atoms with Gasteiger partial charge in [-0.05, 0) is 48.4 Å². The van der Waals surface area contributed by atoms with Crippen LogP contribution >= 0.6 is 23.2 Å². The third-order valence-electron chi connectivity index (χ3n) is 4.95. The molecule has 0 aliphatic heterocycles. The third kappa shape index (κ3) is 6.85. The third-order valence-corrected chi connectivity index (χ3v) is 5.48. The van der Waals surface area contributed by atoms with Crippen molar-refractivity contribution in [3.8, 4) is 29.1 Å². The lowest BCUT2D eigenvalue weighted by molar-refractivity contribution is -0.112. The fraction of sp³-hybridized carbons (Fsp3) is 0.185. The van der Waals surface area contributed by atoms with Gasteiger partial charge in [0.2, 0.25) is 0 Å². The van der Waals surface area contributed by atoms with E-state index >= 15 is 0 Å². The second-order valence-corrected chi connectivity index (χ2v) is 8.21. The number of nitriles is 1. The summed E-state index contributed by atoms with van der Waals surface area (Å²) in [6.07, 6.45) is 1.46. The Morgan fingerprint density at radius 3 is 2.42 bits per heavy atom. The van der Waals surface area contributed by atoms with Crippen molar-refractivity contribution in [3.05, 3.63) is 81.3 Å². The van der Waals surface area contributed by atoms with Gasteiger partial charge in [0.1, 0.15) is 29.7 Å². The van der Waals surface area contributed by atoms with Crippen LogP contribution in [0.15, 0.2) is 60.2 Å². The monoisotopic (exact) mass is 526 g/mol. The molecule has 0 aliphatic rings. The van der Waals surface area contributed by atoms with Crippen molar-refractivity contribution in [3.63, 3.8) is 0 Å². The number of rotatable bonds is 10. The molecule has 7 nitrogen and oxygen atoms in total. The Morgan fingerprint density at radius 2 is 1.75 bits per heavy atom. The first-order valence-electron chi connectivity index (χ1n) is 10.9. The van der Waals surface area contributed by atoms with E-state index in [1.54, 1.807) is 24.3 Å². The van der Waals surface area contributed by atoms with E-state index in [0.29, 0.717) is 57.5 Å². The first kappa shape index (κ1) is 26.7. The molecule has 0 saturated carbocycles. The van der Waals surface area contributed by atoms with E-state index in [-0.39, 0.29) is 5.57 Å². The summed E-state index contributed by atoms with van der Waals surface area (Å²) in [6, 6.07) is 17.5. The Labute approximate surface area is 219 Å². The number of ether oxygens (including phenoxy) is 4. The van der Waals surface area contributed by atoms with Gasteiger partial charge >= 0.3 is 0 Å². The number of anilines is 1. The van der Waals surface area contributed by atoms with E-state index in [2.05, 4.69) is 5.32 Å². The number of hydrogen-bond donors (Lipinski definition) is 1. The van der Waals surface area contributed by atoms with Crippen LogP contribution in [0, 0.1) is 11.3 Å². The van der Waals surface area contributed by atoms with Gasteiger partial charge in [0.25, 0.3) is 5.91 Å². The van der Waals surface area contributed by atoms with E-state index in [9.17, 15) is 10.1 Å². The Hall–Kier alpha value is -3.86. The molecule has 0 saturated heterocycles.